The molecule has 1 amide bonds. The van der Waals surface area contributed by atoms with E-state index in [0.29, 0.717) is 11.3 Å². The normalized spacial score (nSPS) is 11.2. The zero-order valence-electron chi connectivity index (χ0n) is 14.6. The van der Waals surface area contributed by atoms with Crippen molar-refractivity contribution in [1.29, 1.82) is 0 Å². The number of nitrogens with zero attached hydrogens (tertiary/aromatic N) is 2. The Hall–Kier alpha value is -2.78. The molecule has 1 aromatic heterocycles. The monoisotopic (exact) mass is 377 g/mol. The van der Waals surface area contributed by atoms with Crippen molar-refractivity contribution in [3.63, 3.8) is 0 Å². The minimum Gasteiger partial charge on any atom is -0.451 e. The highest BCUT2D eigenvalue weighted by Crippen LogP contribution is 2.22. The van der Waals surface area contributed by atoms with Gasteiger partial charge in [-0.25, -0.2) is 22.5 Å². The van der Waals surface area contributed by atoms with Crippen LogP contribution in [-0.2, 0) is 19.6 Å². The molecule has 1 aromatic carbocycles. The lowest BCUT2D eigenvalue weighted by molar-refractivity contribution is -0.119. The topological polar surface area (TPSA) is 106 Å². The number of ether oxygens (including phenoxy) is 1. The lowest BCUT2D eigenvalue weighted by atomic mass is 10.2. The zero-order valence-corrected chi connectivity index (χ0v) is 15.4. The van der Waals surface area contributed by atoms with E-state index in [2.05, 4.69) is 10.3 Å². The first kappa shape index (κ1) is 19.5. The number of aryl methyl sites for hydroxylation is 1. The number of anilines is 1. The minimum atomic E-state index is -3.63. The molecular weight excluding hydrogens is 358 g/mol. The van der Waals surface area contributed by atoms with Gasteiger partial charge in [0, 0.05) is 26.0 Å². The molecule has 9 heteroatoms. The lowest BCUT2D eigenvalue weighted by Crippen LogP contribution is -2.24. The molecule has 0 radical (unpaired) electrons. The molecular formula is C17H19N3O5S. The third kappa shape index (κ3) is 4.64. The van der Waals surface area contributed by atoms with Gasteiger partial charge in [0.1, 0.15) is 5.69 Å². The maximum absolute atomic E-state index is 12.2. The van der Waals surface area contributed by atoms with Gasteiger partial charge in [-0.05, 0) is 36.8 Å². The third-order valence-electron chi connectivity index (χ3n) is 3.47. The summed E-state index contributed by atoms with van der Waals surface area (Å²) in [6.45, 7) is 1.21. The van der Waals surface area contributed by atoms with E-state index in [1.54, 1.807) is 25.1 Å². The molecule has 8 nitrogen and oxygen atoms in total. The van der Waals surface area contributed by atoms with E-state index < -0.39 is 28.5 Å². The molecule has 138 valence electrons. The highest BCUT2D eigenvalue weighted by Gasteiger charge is 2.19. The van der Waals surface area contributed by atoms with E-state index in [1.165, 1.54) is 38.5 Å². The molecule has 0 saturated carbocycles. The third-order valence-corrected chi connectivity index (χ3v) is 5.28. The van der Waals surface area contributed by atoms with Crippen molar-refractivity contribution < 1.29 is 22.7 Å². The van der Waals surface area contributed by atoms with Crippen LogP contribution in [0.4, 0.5) is 5.69 Å². The number of benzene rings is 1. The molecule has 0 fully saturated rings. The standard InChI is InChI=1S/C17H19N3O5S/c1-12-7-8-13(26(23,24)20(2)3)10-15(12)19-16(21)11-25-17(22)14-6-4-5-9-18-14/h4-10H,11H2,1-3H3,(H,19,21). The van der Waals surface area contributed by atoms with E-state index in [9.17, 15) is 18.0 Å². The van der Waals surface area contributed by atoms with Crippen molar-refractivity contribution >= 4 is 27.6 Å². The molecule has 0 aliphatic rings. The van der Waals surface area contributed by atoms with Crippen LogP contribution in [0.25, 0.3) is 0 Å². The fourth-order valence-electron chi connectivity index (χ4n) is 1.98. The fourth-order valence-corrected chi connectivity index (χ4v) is 2.91. The molecule has 1 heterocycles. The fraction of sp³-hybridized carbons (Fsp3) is 0.235. The van der Waals surface area contributed by atoms with Gasteiger partial charge in [-0.2, -0.15) is 0 Å². The van der Waals surface area contributed by atoms with Crippen LogP contribution in [0.1, 0.15) is 16.1 Å². The van der Waals surface area contributed by atoms with Crippen molar-refractivity contribution in [1.82, 2.24) is 9.29 Å². The van der Waals surface area contributed by atoms with Crippen LogP contribution in [0.5, 0.6) is 0 Å². The smallest absolute Gasteiger partial charge is 0.357 e. The van der Waals surface area contributed by atoms with Gasteiger partial charge in [0.25, 0.3) is 5.91 Å². The highest BCUT2D eigenvalue weighted by molar-refractivity contribution is 7.89. The summed E-state index contributed by atoms with van der Waals surface area (Å²) in [6.07, 6.45) is 1.44. The Morgan fingerprint density at radius 3 is 2.54 bits per heavy atom. The number of rotatable bonds is 6. The molecule has 1 N–H and O–H groups in total. The number of sulfonamides is 1. The Bertz CT molecular complexity index is 911. The van der Waals surface area contributed by atoms with Crippen molar-refractivity contribution in [3.8, 4) is 0 Å². The first-order valence-electron chi connectivity index (χ1n) is 7.63. The van der Waals surface area contributed by atoms with Gasteiger partial charge in [0.05, 0.1) is 4.90 Å². The quantitative estimate of drug-likeness (QED) is 0.764. The van der Waals surface area contributed by atoms with E-state index in [-0.39, 0.29) is 10.6 Å². The summed E-state index contributed by atoms with van der Waals surface area (Å²) in [4.78, 5) is 27.7. The number of amides is 1. The minimum absolute atomic E-state index is 0.0499. The number of carbonyl (C=O) groups is 2. The number of hydrogen-bond acceptors (Lipinski definition) is 6. The van der Waals surface area contributed by atoms with Gasteiger partial charge in [-0.3, -0.25) is 4.79 Å². The van der Waals surface area contributed by atoms with Gasteiger partial charge in [-0.1, -0.05) is 12.1 Å². The Balaban J connectivity index is 2.06. The summed E-state index contributed by atoms with van der Waals surface area (Å²) in [6, 6.07) is 9.17. The molecule has 2 aromatic rings. The summed E-state index contributed by atoms with van der Waals surface area (Å²) in [7, 11) is -0.783. The molecule has 0 bridgehead atoms. The Labute approximate surface area is 151 Å². The number of hydrogen-bond donors (Lipinski definition) is 1. The molecule has 0 atom stereocenters. The number of nitrogens with one attached hydrogen (secondary N) is 1. The van der Waals surface area contributed by atoms with Gasteiger partial charge < -0.3 is 10.1 Å². The van der Waals surface area contributed by atoms with E-state index in [4.69, 9.17) is 4.74 Å². The van der Waals surface area contributed by atoms with E-state index >= 15 is 0 Å². The van der Waals surface area contributed by atoms with Crippen LogP contribution in [0.2, 0.25) is 0 Å². The molecule has 0 unspecified atom stereocenters. The first-order valence-corrected chi connectivity index (χ1v) is 9.07. The average Bonchev–Trinajstić information content (AvgIpc) is 2.62. The number of aromatic nitrogens is 1. The van der Waals surface area contributed by atoms with E-state index in [1.807, 2.05) is 0 Å². The maximum Gasteiger partial charge on any atom is 0.357 e. The number of esters is 1. The first-order chi connectivity index (χ1) is 12.2. The van der Waals surface area contributed by atoms with Gasteiger partial charge in [0.15, 0.2) is 6.61 Å². The molecule has 26 heavy (non-hydrogen) atoms. The predicted molar refractivity (Wildman–Crippen MR) is 95.2 cm³/mol. The molecule has 0 aliphatic carbocycles. The largest absolute Gasteiger partial charge is 0.451 e. The van der Waals surface area contributed by atoms with Crippen LogP contribution < -0.4 is 5.32 Å². The second-order valence-electron chi connectivity index (χ2n) is 5.60. The van der Waals surface area contributed by atoms with Gasteiger partial charge >= 0.3 is 5.97 Å². The van der Waals surface area contributed by atoms with Crippen molar-refractivity contribution in [3.05, 3.63) is 53.9 Å². The van der Waals surface area contributed by atoms with Gasteiger partial charge in [-0.15, -0.1) is 0 Å². The summed E-state index contributed by atoms with van der Waals surface area (Å²) in [5.41, 5.74) is 1.09. The van der Waals surface area contributed by atoms with Crippen LogP contribution in [0.15, 0.2) is 47.5 Å². The predicted octanol–water partition coefficient (Wildman–Crippen LogP) is 1.44. The van der Waals surface area contributed by atoms with Crippen LogP contribution >= 0.6 is 0 Å². The molecule has 0 saturated heterocycles. The molecule has 0 aliphatic heterocycles. The van der Waals surface area contributed by atoms with Crippen LogP contribution in [-0.4, -0.2) is 50.3 Å². The second kappa shape index (κ2) is 8.07. The van der Waals surface area contributed by atoms with Crippen LogP contribution in [0.3, 0.4) is 0 Å². The zero-order chi connectivity index (χ0) is 19.3. The van der Waals surface area contributed by atoms with E-state index in [0.717, 1.165) is 4.31 Å². The van der Waals surface area contributed by atoms with Crippen molar-refractivity contribution in [2.45, 2.75) is 11.8 Å². The Morgan fingerprint density at radius 2 is 1.92 bits per heavy atom. The van der Waals surface area contributed by atoms with Crippen molar-refractivity contribution in [2.24, 2.45) is 0 Å². The summed E-state index contributed by atoms with van der Waals surface area (Å²) in [5.74, 6) is -1.31. The lowest BCUT2D eigenvalue weighted by Gasteiger charge is -2.14. The molecule has 2 rings (SSSR count). The summed E-state index contributed by atoms with van der Waals surface area (Å²) < 4.78 is 30.4. The SMILES string of the molecule is Cc1ccc(S(=O)(=O)N(C)C)cc1NC(=O)COC(=O)c1ccccn1. The molecule has 0 spiro atoms. The number of carbonyl (C=O) groups excluding carboxylic acids is 2. The Kier molecular flexibility index (Phi) is 6.06. The highest BCUT2D eigenvalue weighted by atomic mass is 32.2. The second-order valence-corrected chi connectivity index (χ2v) is 7.76. The average molecular weight is 377 g/mol. The van der Waals surface area contributed by atoms with Crippen molar-refractivity contribution in [2.75, 3.05) is 26.0 Å². The number of pyridine rings is 1. The summed E-state index contributed by atoms with van der Waals surface area (Å²) >= 11 is 0. The maximum atomic E-state index is 12.2. The van der Waals surface area contributed by atoms with Crippen LogP contribution in [0, 0.1) is 6.92 Å². The summed E-state index contributed by atoms with van der Waals surface area (Å²) in [5, 5.41) is 2.55. The van der Waals surface area contributed by atoms with Gasteiger partial charge in [0.2, 0.25) is 10.0 Å². The Morgan fingerprint density at radius 1 is 1.19 bits per heavy atom.